The Labute approximate surface area is 118 Å². The van der Waals surface area contributed by atoms with Crippen LogP contribution in [0.1, 0.15) is 10.4 Å². The Bertz CT molecular complexity index is 872. The van der Waals surface area contributed by atoms with Crippen LogP contribution in [0.2, 0.25) is 0 Å². The Balaban J connectivity index is 1.81. The fourth-order valence-corrected chi connectivity index (χ4v) is 2.20. The van der Waals surface area contributed by atoms with Gasteiger partial charge >= 0.3 is 5.97 Å². The summed E-state index contributed by atoms with van der Waals surface area (Å²) in [6, 6.07) is 6.98. The summed E-state index contributed by atoms with van der Waals surface area (Å²) in [5.74, 6) is 0.926. The summed E-state index contributed by atoms with van der Waals surface area (Å²) < 4.78 is 10.6. The summed E-state index contributed by atoms with van der Waals surface area (Å²) in [6.45, 7) is 0.211. The maximum Gasteiger partial charge on any atom is 0.337 e. The van der Waals surface area contributed by atoms with Crippen LogP contribution in [0.25, 0.3) is 22.6 Å². The molecule has 0 unspecified atom stereocenters. The summed E-state index contributed by atoms with van der Waals surface area (Å²) in [4.78, 5) is 22.4. The minimum Gasteiger partial charge on any atom is -0.478 e. The van der Waals surface area contributed by atoms with E-state index in [1.54, 1.807) is 6.07 Å². The van der Waals surface area contributed by atoms with Gasteiger partial charge in [0.25, 0.3) is 0 Å². The van der Waals surface area contributed by atoms with E-state index >= 15 is 0 Å². The van der Waals surface area contributed by atoms with Gasteiger partial charge in [-0.3, -0.25) is 0 Å². The molecule has 7 heteroatoms. The second kappa shape index (κ2) is 4.20. The van der Waals surface area contributed by atoms with Crippen LogP contribution in [0.3, 0.4) is 0 Å². The topological polar surface area (TPSA) is 97.3 Å². The molecule has 3 heterocycles. The number of carboxylic acids is 1. The van der Waals surface area contributed by atoms with Gasteiger partial charge in [0.15, 0.2) is 17.1 Å². The Hall–Kier alpha value is -3.09. The fraction of sp³-hybridized carbons (Fsp3) is 0.0714. The van der Waals surface area contributed by atoms with Crippen molar-refractivity contribution in [3.05, 3.63) is 36.0 Å². The smallest absolute Gasteiger partial charge is 0.337 e. The monoisotopic (exact) mass is 283 g/mol. The van der Waals surface area contributed by atoms with E-state index < -0.39 is 5.97 Å². The predicted molar refractivity (Wildman–Crippen MR) is 72.4 cm³/mol. The van der Waals surface area contributed by atoms with Crippen molar-refractivity contribution in [2.75, 3.05) is 6.79 Å². The summed E-state index contributed by atoms with van der Waals surface area (Å²) in [5.41, 5.74) is 1.97. The fourth-order valence-electron chi connectivity index (χ4n) is 2.20. The van der Waals surface area contributed by atoms with E-state index in [-0.39, 0.29) is 12.4 Å². The van der Waals surface area contributed by atoms with Gasteiger partial charge in [-0.2, -0.15) is 0 Å². The quantitative estimate of drug-likeness (QED) is 0.747. The third-order valence-electron chi connectivity index (χ3n) is 3.23. The van der Waals surface area contributed by atoms with Gasteiger partial charge in [-0.25, -0.2) is 14.8 Å². The number of rotatable bonds is 2. The number of benzene rings is 1. The number of aromatic nitrogens is 3. The number of fused-ring (bicyclic) bond motifs is 2. The van der Waals surface area contributed by atoms with Crippen LogP contribution in [0.4, 0.5) is 0 Å². The first kappa shape index (κ1) is 11.7. The average molecular weight is 283 g/mol. The maximum atomic E-state index is 10.9. The van der Waals surface area contributed by atoms with Crippen LogP contribution in [-0.4, -0.2) is 32.8 Å². The van der Waals surface area contributed by atoms with Crippen molar-refractivity contribution in [3.63, 3.8) is 0 Å². The molecule has 0 radical (unpaired) electrons. The first-order valence-electron chi connectivity index (χ1n) is 6.20. The summed E-state index contributed by atoms with van der Waals surface area (Å²) in [7, 11) is 0. The number of H-pyrrole nitrogens is 1. The number of hydrogen-bond donors (Lipinski definition) is 2. The average Bonchev–Trinajstić information content (AvgIpc) is 3.11. The van der Waals surface area contributed by atoms with E-state index in [0.717, 1.165) is 5.56 Å². The van der Waals surface area contributed by atoms with Gasteiger partial charge in [-0.1, -0.05) is 0 Å². The highest BCUT2D eigenvalue weighted by Crippen LogP contribution is 2.35. The van der Waals surface area contributed by atoms with Gasteiger partial charge in [0.2, 0.25) is 6.79 Å². The Kier molecular flexibility index (Phi) is 2.34. The number of aromatic carboxylic acids is 1. The molecule has 3 aromatic rings. The minimum absolute atomic E-state index is 0.114. The maximum absolute atomic E-state index is 10.9. The number of ether oxygens (including phenoxy) is 2. The van der Waals surface area contributed by atoms with Gasteiger partial charge in [0.05, 0.1) is 11.1 Å². The SMILES string of the molecule is O=C(O)c1cnc2nc(-c3ccc4c(c3)OCO4)[nH]c2c1. The van der Waals surface area contributed by atoms with E-state index in [4.69, 9.17) is 14.6 Å². The summed E-state index contributed by atoms with van der Waals surface area (Å²) >= 11 is 0. The molecule has 1 aromatic carbocycles. The molecule has 0 fully saturated rings. The number of imidazole rings is 1. The van der Waals surface area contributed by atoms with E-state index in [1.807, 2.05) is 12.1 Å². The van der Waals surface area contributed by atoms with E-state index in [0.29, 0.717) is 28.5 Å². The molecule has 2 N–H and O–H groups in total. The zero-order chi connectivity index (χ0) is 14.4. The lowest BCUT2D eigenvalue weighted by Gasteiger charge is -1.99. The number of pyridine rings is 1. The summed E-state index contributed by atoms with van der Waals surface area (Å²) in [6.07, 6.45) is 1.29. The first-order chi connectivity index (χ1) is 10.2. The molecule has 7 nitrogen and oxygen atoms in total. The number of carboxylic acid groups (broad SMARTS) is 1. The normalized spacial score (nSPS) is 12.8. The van der Waals surface area contributed by atoms with E-state index in [9.17, 15) is 4.79 Å². The lowest BCUT2D eigenvalue weighted by atomic mass is 10.2. The molecule has 0 saturated carbocycles. The third kappa shape index (κ3) is 1.86. The van der Waals surface area contributed by atoms with Crippen molar-refractivity contribution in [1.29, 1.82) is 0 Å². The van der Waals surface area contributed by atoms with Gasteiger partial charge in [-0.15, -0.1) is 0 Å². The Morgan fingerprint density at radius 3 is 2.95 bits per heavy atom. The van der Waals surface area contributed by atoms with Crippen molar-refractivity contribution in [3.8, 4) is 22.9 Å². The number of nitrogens with one attached hydrogen (secondary N) is 1. The lowest BCUT2D eigenvalue weighted by Crippen LogP contribution is -1.96. The van der Waals surface area contributed by atoms with Crippen LogP contribution >= 0.6 is 0 Å². The molecule has 1 aliphatic rings. The van der Waals surface area contributed by atoms with Gasteiger partial charge in [-0.05, 0) is 24.3 Å². The van der Waals surface area contributed by atoms with Crippen molar-refractivity contribution in [2.24, 2.45) is 0 Å². The molecule has 21 heavy (non-hydrogen) atoms. The largest absolute Gasteiger partial charge is 0.478 e. The minimum atomic E-state index is -1.02. The number of nitrogens with zero attached hydrogens (tertiary/aromatic N) is 2. The number of hydrogen-bond acceptors (Lipinski definition) is 5. The molecule has 0 saturated heterocycles. The zero-order valence-electron chi connectivity index (χ0n) is 10.7. The third-order valence-corrected chi connectivity index (χ3v) is 3.23. The highest BCUT2D eigenvalue weighted by Gasteiger charge is 2.16. The van der Waals surface area contributed by atoms with E-state index in [2.05, 4.69) is 15.0 Å². The van der Waals surface area contributed by atoms with Crippen molar-refractivity contribution >= 4 is 17.1 Å². The molecule has 104 valence electrons. The molecule has 0 aliphatic carbocycles. The second-order valence-electron chi connectivity index (χ2n) is 4.55. The van der Waals surface area contributed by atoms with E-state index in [1.165, 1.54) is 12.3 Å². The molecule has 1 aliphatic heterocycles. The molecule has 0 bridgehead atoms. The van der Waals surface area contributed by atoms with Gasteiger partial charge in [0, 0.05) is 11.8 Å². The number of carbonyl (C=O) groups is 1. The van der Waals surface area contributed by atoms with Crippen LogP contribution in [0, 0.1) is 0 Å². The second-order valence-corrected chi connectivity index (χ2v) is 4.55. The van der Waals surface area contributed by atoms with Crippen LogP contribution in [0.15, 0.2) is 30.5 Å². The molecule has 2 aromatic heterocycles. The van der Waals surface area contributed by atoms with Crippen LogP contribution in [0.5, 0.6) is 11.5 Å². The summed E-state index contributed by atoms with van der Waals surface area (Å²) in [5, 5.41) is 8.97. The predicted octanol–water partition coefficient (Wildman–Crippen LogP) is 2.05. The number of aromatic amines is 1. The van der Waals surface area contributed by atoms with Crippen molar-refractivity contribution < 1.29 is 19.4 Å². The van der Waals surface area contributed by atoms with Crippen LogP contribution < -0.4 is 9.47 Å². The molecular weight excluding hydrogens is 274 g/mol. The highest BCUT2D eigenvalue weighted by atomic mass is 16.7. The molecule has 4 rings (SSSR count). The standard InChI is InChI=1S/C14H9N3O4/c18-14(19)8-3-9-13(15-5-8)17-12(16-9)7-1-2-10-11(4-7)21-6-20-10/h1-5H,6H2,(H,18,19)(H,15,16,17). The molecular formula is C14H9N3O4. The van der Waals surface area contributed by atoms with Gasteiger partial charge in [0.1, 0.15) is 5.82 Å². The lowest BCUT2D eigenvalue weighted by molar-refractivity contribution is 0.0696. The van der Waals surface area contributed by atoms with Crippen molar-refractivity contribution in [1.82, 2.24) is 15.0 Å². The zero-order valence-corrected chi connectivity index (χ0v) is 10.7. The van der Waals surface area contributed by atoms with Crippen LogP contribution in [-0.2, 0) is 0 Å². The highest BCUT2D eigenvalue weighted by molar-refractivity contribution is 5.91. The molecule has 0 atom stereocenters. The first-order valence-corrected chi connectivity index (χ1v) is 6.20. The Morgan fingerprint density at radius 1 is 1.24 bits per heavy atom. The molecule has 0 amide bonds. The Morgan fingerprint density at radius 2 is 2.10 bits per heavy atom. The van der Waals surface area contributed by atoms with Crippen molar-refractivity contribution in [2.45, 2.75) is 0 Å². The van der Waals surface area contributed by atoms with Gasteiger partial charge < -0.3 is 19.6 Å². The molecule has 0 spiro atoms.